The zero-order valence-electron chi connectivity index (χ0n) is 13.6. The molecule has 0 saturated carbocycles. The molecule has 1 aromatic carbocycles. The van der Waals surface area contributed by atoms with Crippen LogP contribution in [0.5, 0.6) is 0 Å². The summed E-state index contributed by atoms with van der Waals surface area (Å²) in [4.78, 5) is 22.6. The topological polar surface area (TPSA) is 58.1 Å². The Bertz CT molecular complexity index is 676. The molecule has 5 heteroatoms. The van der Waals surface area contributed by atoms with Crippen molar-refractivity contribution in [2.24, 2.45) is 0 Å². The number of nitrogens with zero attached hydrogens (tertiary/aromatic N) is 3. The van der Waals surface area contributed by atoms with Gasteiger partial charge < -0.3 is 10.2 Å². The Balaban J connectivity index is 1.73. The number of carbonyl (C=O) groups is 1. The van der Waals surface area contributed by atoms with Gasteiger partial charge in [-0.3, -0.25) is 4.79 Å². The number of nitrogens with one attached hydrogen (secondary N) is 1. The molecule has 0 unspecified atom stereocenters. The van der Waals surface area contributed by atoms with Crippen LogP contribution in [0.4, 0.5) is 11.5 Å². The predicted octanol–water partition coefficient (Wildman–Crippen LogP) is 3.58. The molecule has 1 aromatic heterocycles. The first-order chi connectivity index (χ1) is 11.1. The van der Waals surface area contributed by atoms with E-state index >= 15 is 0 Å². The molecule has 1 aliphatic rings. The lowest BCUT2D eigenvalue weighted by molar-refractivity contribution is 0.0787. The molecule has 1 amide bonds. The third kappa shape index (κ3) is 3.67. The fourth-order valence-electron chi connectivity index (χ4n) is 2.72. The molecular formula is C18H22N4O. The Morgan fingerprint density at radius 3 is 2.48 bits per heavy atom. The smallest absolute Gasteiger partial charge is 0.272 e. The van der Waals surface area contributed by atoms with Gasteiger partial charge in [0.1, 0.15) is 17.8 Å². The van der Waals surface area contributed by atoms with Gasteiger partial charge in [-0.05, 0) is 36.5 Å². The van der Waals surface area contributed by atoms with E-state index in [2.05, 4.69) is 41.3 Å². The number of amides is 1. The van der Waals surface area contributed by atoms with Crippen molar-refractivity contribution in [2.45, 2.75) is 32.6 Å². The fraction of sp³-hybridized carbons (Fsp3) is 0.389. The van der Waals surface area contributed by atoms with Crippen molar-refractivity contribution >= 4 is 17.4 Å². The summed E-state index contributed by atoms with van der Waals surface area (Å²) in [6.45, 7) is 5.98. The molecule has 1 aliphatic heterocycles. The molecule has 0 bridgehead atoms. The Morgan fingerprint density at radius 1 is 1.13 bits per heavy atom. The summed E-state index contributed by atoms with van der Waals surface area (Å²) in [6, 6.07) is 9.98. The average molecular weight is 310 g/mol. The van der Waals surface area contributed by atoms with Crippen LogP contribution >= 0.6 is 0 Å². The van der Waals surface area contributed by atoms with Crippen LogP contribution < -0.4 is 5.32 Å². The van der Waals surface area contributed by atoms with E-state index in [-0.39, 0.29) is 5.91 Å². The van der Waals surface area contributed by atoms with Gasteiger partial charge in [-0.2, -0.15) is 0 Å². The maximum absolute atomic E-state index is 12.4. The molecule has 5 nitrogen and oxygen atoms in total. The van der Waals surface area contributed by atoms with Crippen LogP contribution in [0.25, 0.3) is 0 Å². The van der Waals surface area contributed by atoms with Crippen molar-refractivity contribution in [3.63, 3.8) is 0 Å². The minimum Gasteiger partial charge on any atom is -0.340 e. The third-order valence-corrected chi connectivity index (χ3v) is 4.13. The molecule has 1 fully saturated rings. The molecule has 0 spiro atoms. The number of benzene rings is 1. The number of likely N-dealkylation sites (tertiary alicyclic amines) is 1. The van der Waals surface area contributed by atoms with Gasteiger partial charge in [-0.25, -0.2) is 9.97 Å². The number of anilines is 2. The minimum atomic E-state index is -0.0110. The highest BCUT2D eigenvalue weighted by Gasteiger charge is 2.20. The molecule has 0 radical (unpaired) electrons. The number of aromatic nitrogens is 2. The highest BCUT2D eigenvalue weighted by molar-refractivity contribution is 5.93. The predicted molar refractivity (Wildman–Crippen MR) is 91.0 cm³/mol. The highest BCUT2D eigenvalue weighted by Crippen LogP contribution is 2.20. The number of hydrogen-bond donors (Lipinski definition) is 1. The Kier molecular flexibility index (Phi) is 4.55. The number of rotatable bonds is 4. The first-order valence-corrected chi connectivity index (χ1v) is 8.12. The lowest BCUT2D eigenvalue weighted by Crippen LogP contribution is -2.28. The Morgan fingerprint density at radius 2 is 1.83 bits per heavy atom. The summed E-state index contributed by atoms with van der Waals surface area (Å²) in [6.07, 6.45) is 3.59. The second-order valence-electron chi connectivity index (χ2n) is 6.19. The van der Waals surface area contributed by atoms with E-state index in [9.17, 15) is 4.79 Å². The summed E-state index contributed by atoms with van der Waals surface area (Å²) < 4.78 is 0. The molecule has 0 aliphatic carbocycles. The zero-order chi connectivity index (χ0) is 16.2. The van der Waals surface area contributed by atoms with E-state index in [0.29, 0.717) is 17.4 Å². The normalized spacial score (nSPS) is 14.3. The molecule has 3 rings (SSSR count). The average Bonchev–Trinajstić information content (AvgIpc) is 3.09. The van der Waals surface area contributed by atoms with Crippen LogP contribution in [0, 0.1) is 0 Å². The Hall–Kier alpha value is -2.43. The summed E-state index contributed by atoms with van der Waals surface area (Å²) in [7, 11) is 0. The standard InChI is InChI=1S/C18H22N4O/c1-13(2)14-5-7-15(8-6-14)21-17-11-16(19-12-20-17)18(23)22-9-3-4-10-22/h5-8,11-13H,3-4,9-10H2,1-2H3,(H,19,20,21). The maximum Gasteiger partial charge on any atom is 0.272 e. The van der Waals surface area contributed by atoms with Crippen molar-refractivity contribution in [3.8, 4) is 0 Å². The molecule has 1 N–H and O–H groups in total. The lowest BCUT2D eigenvalue weighted by atomic mass is 10.0. The Labute approximate surface area is 136 Å². The van der Waals surface area contributed by atoms with Crippen molar-refractivity contribution in [3.05, 3.63) is 47.9 Å². The van der Waals surface area contributed by atoms with Crippen LogP contribution in [0.1, 0.15) is 48.7 Å². The first-order valence-electron chi connectivity index (χ1n) is 8.12. The molecule has 2 aromatic rings. The maximum atomic E-state index is 12.4. The van der Waals surface area contributed by atoms with E-state index in [1.54, 1.807) is 6.07 Å². The van der Waals surface area contributed by atoms with Gasteiger partial charge in [0.25, 0.3) is 5.91 Å². The monoisotopic (exact) mass is 310 g/mol. The van der Waals surface area contributed by atoms with Gasteiger partial charge in [0, 0.05) is 24.8 Å². The van der Waals surface area contributed by atoms with Crippen LogP contribution in [0.15, 0.2) is 36.7 Å². The van der Waals surface area contributed by atoms with E-state index in [1.807, 2.05) is 17.0 Å². The van der Waals surface area contributed by atoms with E-state index in [0.717, 1.165) is 31.6 Å². The van der Waals surface area contributed by atoms with Crippen molar-refractivity contribution in [2.75, 3.05) is 18.4 Å². The third-order valence-electron chi connectivity index (χ3n) is 4.13. The largest absolute Gasteiger partial charge is 0.340 e. The van der Waals surface area contributed by atoms with Gasteiger partial charge in [-0.15, -0.1) is 0 Å². The van der Waals surface area contributed by atoms with Crippen LogP contribution in [0.2, 0.25) is 0 Å². The molecular weight excluding hydrogens is 288 g/mol. The summed E-state index contributed by atoms with van der Waals surface area (Å²) in [5, 5.41) is 3.23. The second kappa shape index (κ2) is 6.77. The minimum absolute atomic E-state index is 0.0110. The van der Waals surface area contributed by atoms with Gasteiger partial charge in [-0.1, -0.05) is 26.0 Å². The van der Waals surface area contributed by atoms with E-state index < -0.39 is 0 Å². The van der Waals surface area contributed by atoms with E-state index in [4.69, 9.17) is 0 Å². The first kappa shape index (κ1) is 15.5. The van der Waals surface area contributed by atoms with Gasteiger partial charge >= 0.3 is 0 Å². The summed E-state index contributed by atoms with van der Waals surface area (Å²) >= 11 is 0. The van der Waals surface area contributed by atoms with Crippen molar-refractivity contribution in [1.29, 1.82) is 0 Å². The molecule has 0 atom stereocenters. The van der Waals surface area contributed by atoms with Crippen LogP contribution in [0.3, 0.4) is 0 Å². The quantitative estimate of drug-likeness (QED) is 0.937. The number of carbonyl (C=O) groups excluding carboxylic acids is 1. The second-order valence-corrected chi connectivity index (χ2v) is 6.19. The molecule has 23 heavy (non-hydrogen) atoms. The lowest BCUT2D eigenvalue weighted by Gasteiger charge is -2.15. The zero-order valence-corrected chi connectivity index (χ0v) is 13.6. The van der Waals surface area contributed by atoms with E-state index in [1.165, 1.54) is 11.9 Å². The van der Waals surface area contributed by atoms with Gasteiger partial charge in [0.2, 0.25) is 0 Å². The van der Waals surface area contributed by atoms with Crippen LogP contribution in [-0.2, 0) is 0 Å². The SMILES string of the molecule is CC(C)c1ccc(Nc2cc(C(=O)N3CCCC3)ncn2)cc1. The summed E-state index contributed by atoms with van der Waals surface area (Å²) in [5.74, 6) is 1.13. The van der Waals surface area contributed by atoms with Crippen LogP contribution in [-0.4, -0.2) is 33.9 Å². The number of hydrogen-bond acceptors (Lipinski definition) is 4. The van der Waals surface area contributed by atoms with Crippen molar-refractivity contribution < 1.29 is 4.79 Å². The molecule has 1 saturated heterocycles. The van der Waals surface area contributed by atoms with Gasteiger partial charge in [0.05, 0.1) is 0 Å². The van der Waals surface area contributed by atoms with Gasteiger partial charge in [0.15, 0.2) is 0 Å². The highest BCUT2D eigenvalue weighted by atomic mass is 16.2. The molecule has 2 heterocycles. The fourth-order valence-corrected chi connectivity index (χ4v) is 2.72. The molecule has 120 valence electrons. The van der Waals surface area contributed by atoms with Crippen molar-refractivity contribution in [1.82, 2.24) is 14.9 Å². The summed E-state index contributed by atoms with van der Waals surface area (Å²) in [5.41, 5.74) is 2.69.